The summed E-state index contributed by atoms with van der Waals surface area (Å²) in [6.45, 7) is 7.76. The molecule has 1 aromatic carbocycles. The number of hydrogen-bond acceptors (Lipinski definition) is 14. The molecule has 0 saturated heterocycles. The molecule has 0 bridgehead atoms. The largest absolute Gasteiger partial charge is 0.508 e. The number of aliphatic hydroxyl groups is 1. The van der Waals surface area contributed by atoms with Crippen molar-refractivity contribution in [3.8, 4) is 5.75 Å². The normalized spacial score (nSPS) is 14.7. The number of aliphatic carboxylic acids is 1. The van der Waals surface area contributed by atoms with Crippen LogP contribution >= 0.6 is 12.6 Å². The Balaban J connectivity index is 3.30. The number of carboxylic acids is 1. The van der Waals surface area contributed by atoms with E-state index in [1.165, 1.54) is 31.2 Å². The van der Waals surface area contributed by atoms with E-state index in [0.29, 0.717) is 12.0 Å². The van der Waals surface area contributed by atoms with Crippen LogP contribution in [0.25, 0.3) is 0 Å². The van der Waals surface area contributed by atoms with E-state index in [4.69, 9.17) is 22.9 Å². The number of aliphatic imine (C=N–C) groups is 1. The molecule has 0 radical (unpaired) electrons. The number of benzene rings is 1. The molecular formula is C41H68N12O12S. The number of primary amides is 1. The van der Waals surface area contributed by atoms with Gasteiger partial charge in [0.1, 0.15) is 48.0 Å². The van der Waals surface area contributed by atoms with E-state index in [9.17, 15) is 58.5 Å². The zero-order valence-corrected chi connectivity index (χ0v) is 38.8. The van der Waals surface area contributed by atoms with Crippen molar-refractivity contribution in [2.45, 2.75) is 128 Å². The summed E-state index contributed by atoms with van der Waals surface area (Å²) >= 11 is 4.13. The van der Waals surface area contributed by atoms with E-state index >= 15 is 0 Å². The lowest BCUT2D eigenvalue weighted by atomic mass is 10.00. The number of nitrogens with zero attached hydrogens (tertiary/aromatic N) is 1. The van der Waals surface area contributed by atoms with E-state index in [2.05, 4.69) is 54.8 Å². The maximum atomic E-state index is 14.0. The fraction of sp³-hybridized carbons (Fsp3) is 0.610. The van der Waals surface area contributed by atoms with Crippen LogP contribution in [0.3, 0.4) is 0 Å². The smallest absolute Gasteiger partial charge is 0.326 e. The Labute approximate surface area is 388 Å². The second-order valence-corrected chi connectivity index (χ2v) is 16.9. The van der Waals surface area contributed by atoms with Gasteiger partial charge in [-0.25, -0.2) is 4.79 Å². The first-order chi connectivity index (χ1) is 30.9. The molecule has 66 heavy (non-hydrogen) atoms. The van der Waals surface area contributed by atoms with Gasteiger partial charge in [-0.1, -0.05) is 39.8 Å². The van der Waals surface area contributed by atoms with Gasteiger partial charge < -0.3 is 75.5 Å². The molecule has 8 amide bonds. The first kappa shape index (κ1) is 57.8. The second kappa shape index (κ2) is 29.4. The first-order valence-electron chi connectivity index (χ1n) is 21.3. The maximum Gasteiger partial charge on any atom is 0.326 e. The van der Waals surface area contributed by atoms with Gasteiger partial charge in [0, 0.05) is 25.1 Å². The Morgan fingerprint density at radius 3 is 1.64 bits per heavy atom. The summed E-state index contributed by atoms with van der Waals surface area (Å²) < 4.78 is 0. The lowest BCUT2D eigenvalue weighted by Gasteiger charge is -2.27. The highest BCUT2D eigenvalue weighted by Crippen LogP contribution is 2.14. The number of thiol groups is 1. The second-order valence-electron chi connectivity index (χ2n) is 16.5. The molecular weight excluding hydrogens is 885 g/mol. The molecule has 0 unspecified atom stereocenters. The zero-order chi connectivity index (χ0) is 50.3. The third kappa shape index (κ3) is 22.1. The summed E-state index contributed by atoms with van der Waals surface area (Å²) in [6, 6.07) is -5.20. The molecule has 0 aliphatic rings. The van der Waals surface area contributed by atoms with Crippen LogP contribution in [0.1, 0.15) is 78.7 Å². The summed E-state index contributed by atoms with van der Waals surface area (Å²) in [5.41, 5.74) is 22.3. The highest BCUT2D eigenvalue weighted by Gasteiger charge is 2.34. The molecule has 1 rings (SSSR count). The van der Waals surface area contributed by atoms with Crippen LogP contribution < -0.4 is 60.2 Å². The Morgan fingerprint density at radius 1 is 0.621 bits per heavy atom. The van der Waals surface area contributed by atoms with Crippen molar-refractivity contribution in [2.75, 3.05) is 18.9 Å². The monoisotopic (exact) mass is 952 g/mol. The number of hydrogen-bond donors (Lipinski definition) is 15. The number of carbonyl (C=O) groups excluding carboxylic acids is 8. The molecule has 25 heteroatoms. The standard InChI is InChI=1S/C41H68N12O12S/c1-20(2)15-25(42)34(58)52-30(18-54)38(62)53-31(19-66)39(63)47-22(5)33(57)50-28(16-21(3)4)36(60)51-29(17-23-8-10-24(55)11-9-23)37(61)48-26(12-13-32(43)56)35(59)49-27(40(64)65)7-6-14-46-41(44)45/h8-11,20-22,25-31,54-55,66H,6-7,12-19,42H2,1-5H3,(H2,43,56)(H,47,63)(H,48,61)(H,49,59)(H,50,57)(H,51,60)(H,52,58)(H,53,62)(H,64,65)(H4,44,45,46)/t22-,25-,26-,27-,28-,29-,30-,31-/m0/s1. The summed E-state index contributed by atoms with van der Waals surface area (Å²) in [7, 11) is 0. The van der Waals surface area contributed by atoms with E-state index in [1.54, 1.807) is 13.8 Å². The number of aliphatic hydroxyl groups excluding tert-OH is 1. The molecule has 0 aromatic heterocycles. The highest BCUT2D eigenvalue weighted by atomic mass is 32.1. The molecule has 0 aliphatic heterocycles. The minimum atomic E-state index is -1.52. The van der Waals surface area contributed by atoms with Crippen LogP contribution in [0, 0.1) is 11.8 Å². The third-order valence-electron chi connectivity index (χ3n) is 9.67. The van der Waals surface area contributed by atoms with Crippen molar-refractivity contribution < 1.29 is 58.5 Å². The number of nitrogens with one attached hydrogen (secondary N) is 7. The summed E-state index contributed by atoms with van der Waals surface area (Å²) in [4.78, 5) is 121. The number of aromatic hydroxyl groups is 1. The van der Waals surface area contributed by atoms with Gasteiger partial charge in [-0.3, -0.25) is 43.3 Å². The van der Waals surface area contributed by atoms with Crippen LogP contribution in [0.2, 0.25) is 0 Å². The van der Waals surface area contributed by atoms with E-state index < -0.39 is 115 Å². The van der Waals surface area contributed by atoms with E-state index in [-0.39, 0.29) is 67.9 Å². The maximum absolute atomic E-state index is 14.0. The average Bonchev–Trinajstić information content (AvgIpc) is 3.23. The number of rotatable bonds is 30. The molecule has 8 atom stereocenters. The molecule has 24 nitrogen and oxygen atoms in total. The number of guanidine groups is 1. The van der Waals surface area contributed by atoms with Crippen LogP contribution in [0.4, 0.5) is 0 Å². The van der Waals surface area contributed by atoms with Crippen LogP contribution in [-0.4, -0.2) is 142 Å². The predicted octanol–water partition coefficient (Wildman–Crippen LogP) is -3.91. The predicted molar refractivity (Wildman–Crippen MR) is 245 cm³/mol. The summed E-state index contributed by atoms with van der Waals surface area (Å²) in [5, 5.41) is 46.5. The number of carbonyl (C=O) groups is 9. The fourth-order valence-electron chi connectivity index (χ4n) is 6.14. The van der Waals surface area contributed by atoms with E-state index in [0.717, 1.165) is 0 Å². The molecule has 0 heterocycles. The van der Waals surface area contributed by atoms with Gasteiger partial charge in [0.05, 0.1) is 12.6 Å². The average molecular weight is 953 g/mol. The fourth-order valence-corrected chi connectivity index (χ4v) is 6.40. The first-order valence-corrected chi connectivity index (χ1v) is 22.0. The highest BCUT2D eigenvalue weighted by molar-refractivity contribution is 7.80. The van der Waals surface area contributed by atoms with Gasteiger partial charge in [-0.15, -0.1) is 0 Å². The van der Waals surface area contributed by atoms with E-state index in [1.807, 2.05) is 13.8 Å². The molecule has 0 spiro atoms. The Hall–Kier alpha value is -6.21. The zero-order valence-electron chi connectivity index (χ0n) is 37.9. The van der Waals surface area contributed by atoms with Crippen molar-refractivity contribution in [3.63, 3.8) is 0 Å². The van der Waals surface area contributed by atoms with Crippen LogP contribution in [0.15, 0.2) is 29.3 Å². The number of nitrogens with two attached hydrogens (primary N) is 4. The number of carboxylic acid groups (broad SMARTS) is 1. The van der Waals surface area contributed by atoms with Gasteiger partial charge in [0.15, 0.2) is 5.96 Å². The van der Waals surface area contributed by atoms with Gasteiger partial charge in [0.2, 0.25) is 47.3 Å². The molecule has 370 valence electrons. The topological polar surface area (TPSA) is 415 Å². The lowest BCUT2D eigenvalue weighted by molar-refractivity contribution is -0.142. The van der Waals surface area contributed by atoms with Crippen LogP contribution in [0.5, 0.6) is 5.75 Å². The van der Waals surface area contributed by atoms with Crippen molar-refractivity contribution in [1.29, 1.82) is 0 Å². The molecule has 0 fully saturated rings. The van der Waals surface area contributed by atoms with Gasteiger partial charge in [-0.2, -0.15) is 12.6 Å². The van der Waals surface area contributed by atoms with Gasteiger partial charge in [-0.05, 0) is 68.6 Å². The molecule has 0 saturated carbocycles. The minimum absolute atomic E-state index is 0.0274. The van der Waals surface area contributed by atoms with Crippen molar-refractivity contribution in [2.24, 2.45) is 39.8 Å². The Bertz CT molecular complexity index is 1850. The van der Waals surface area contributed by atoms with Crippen molar-refractivity contribution in [3.05, 3.63) is 29.8 Å². The van der Waals surface area contributed by atoms with Crippen molar-refractivity contribution in [1.82, 2.24) is 37.2 Å². The lowest BCUT2D eigenvalue weighted by Crippen LogP contribution is -2.60. The quantitative estimate of drug-likeness (QED) is 0.0152. The molecule has 18 N–H and O–H groups in total. The van der Waals surface area contributed by atoms with Crippen LogP contribution in [-0.2, 0) is 49.6 Å². The SMILES string of the molecule is CC(C)C[C@H](NC(=O)[C@H](C)NC(=O)[C@H](CS)NC(=O)[C@H](CO)NC(=O)[C@@H](N)CC(C)C)C(=O)N[C@@H](Cc1ccc(O)cc1)C(=O)N[C@@H](CCC(N)=O)C(=O)N[C@@H](CCCN=C(N)N)C(=O)O. The Morgan fingerprint density at radius 2 is 1.11 bits per heavy atom. The van der Waals surface area contributed by atoms with Gasteiger partial charge in [0.25, 0.3) is 0 Å². The summed E-state index contributed by atoms with van der Waals surface area (Å²) in [5.74, 6) is -9.05. The number of phenols is 1. The Kier molecular flexibility index (Phi) is 25.7. The number of amides is 8. The summed E-state index contributed by atoms with van der Waals surface area (Å²) in [6.07, 6.45) is -0.583. The third-order valence-corrected chi connectivity index (χ3v) is 10.0. The van der Waals surface area contributed by atoms with Gasteiger partial charge >= 0.3 is 5.97 Å². The minimum Gasteiger partial charge on any atom is -0.508 e. The molecule has 0 aliphatic carbocycles. The molecule has 1 aromatic rings. The van der Waals surface area contributed by atoms with Crippen molar-refractivity contribution >= 4 is 71.8 Å². The number of phenolic OH excluding ortho intramolecular Hbond substituents is 1.